The molecule has 3 rings (SSSR count). The van der Waals surface area contributed by atoms with E-state index < -0.39 is 18.3 Å². The minimum Gasteiger partial charge on any atom is -0.496 e. The molecule has 2 heterocycles. The number of amides is 3. The highest BCUT2D eigenvalue weighted by Gasteiger charge is 2.32. The van der Waals surface area contributed by atoms with Crippen molar-refractivity contribution >= 4 is 17.6 Å². The van der Waals surface area contributed by atoms with Crippen molar-refractivity contribution in [3.05, 3.63) is 23.8 Å². The Morgan fingerprint density at radius 2 is 2.11 bits per heavy atom. The molecule has 3 N–H and O–H groups in total. The molecule has 0 bridgehead atoms. The zero-order valence-electron chi connectivity index (χ0n) is 16.1. The zero-order valence-corrected chi connectivity index (χ0v) is 16.1. The second-order valence-electron chi connectivity index (χ2n) is 7.22. The Balaban J connectivity index is 1.56. The van der Waals surface area contributed by atoms with Crippen LogP contribution in [0.4, 0.5) is 10.5 Å². The topological polar surface area (TPSA) is 94.1 Å². The van der Waals surface area contributed by atoms with Gasteiger partial charge >= 0.3 is 6.03 Å². The van der Waals surface area contributed by atoms with Crippen LogP contribution in [0.25, 0.3) is 0 Å². The van der Waals surface area contributed by atoms with Crippen molar-refractivity contribution < 1.29 is 19.4 Å². The van der Waals surface area contributed by atoms with Gasteiger partial charge in [0.05, 0.1) is 7.11 Å². The van der Waals surface area contributed by atoms with Gasteiger partial charge in [-0.25, -0.2) is 4.79 Å². The summed E-state index contributed by atoms with van der Waals surface area (Å²) in [6.07, 6.45) is 0.220. The van der Waals surface area contributed by atoms with Crippen molar-refractivity contribution in [2.45, 2.75) is 45.0 Å². The Morgan fingerprint density at radius 3 is 2.74 bits per heavy atom. The minimum atomic E-state index is -0.633. The molecular formula is C19H28N4O4. The van der Waals surface area contributed by atoms with Crippen LogP contribution in [0.15, 0.2) is 18.2 Å². The Labute approximate surface area is 159 Å². The molecule has 2 aliphatic rings. The fraction of sp³-hybridized carbons (Fsp3) is 0.579. The van der Waals surface area contributed by atoms with E-state index in [1.54, 1.807) is 7.11 Å². The van der Waals surface area contributed by atoms with E-state index in [4.69, 9.17) is 4.74 Å². The third-order valence-corrected chi connectivity index (χ3v) is 5.44. The predicted octanol–water partition coefficient (Wildman–Crippen LogP) is 0.821. The first-order valence-corrected chi connectivity index (χ1v) is 9.34. The predicted molar refractivity (Wildman–Crippen MR) is 102 cm³/mol. The van der Waals surface area contributed by atoms with E-state index in [9.17, 15) is 14.7 Å². The van der Waals surface area contributed by atoms with Gasteiger partial charge in [0.25, 0.3) is 5.91 Å². The smallest absolute Gasteiger partial charge is 0.322 e. The number of urea groups is 1. The number of anilines is 1. The lowest BCUT2D eigenvalue weighted by Gasteiger charge is -2.43. The molecule has 27 heavy (non-hydrogen) atoms. The summed E-state index contributed by atoms with van der Waals surface area (Å²) >= 11 is 0. The van der Waals surface area contributed by atoms with Gasteiger partial charge in [0.15, 0.2) is 0 Å². The van der Waals surface area contributed by atoms with Gasteiger partial charge in [-0.2, -0.15) is 0 Å². The van der Waals surface area contributed by atoms with Gasteiger partial charge in [-0.15, -0.1) is 0 Å². The number of aliphatic hydroxyl groups excluding tert-OH is 1. The fourth-order valence-corrected chi connectivity index (χ4v) is 3.91. The average molecular weight is 376 g/mol. The number of benzene rings is 1. The maximum Gasteiger partial charge on any atom is 0.322 e. The van der Waals surface area contributed by atoms with Crippen molar-refractivity contribution in [1.29, 1.82) is 0 Å². The van der Waals surface area contributed by atoms with Crippen molar-refractivity contribution in [1.82, 2.24) is 15.5 Å². The summed E-state index contributed by atoms with van der Waals surface area (Å²) in [6, 6.07) is 5.27. The second kappa shape index (κ2) is 8.14. The molecular weight excluding hydrogens is 348 g/mol. The molecule has 2 saturated heterocycles. The number of imide groups is 1. The Morgan fingerprint density at radius 1 is 1.33 bits per heavy atom. The van der Waals surface area contributed by atoms with E-state index in [-0.39, 0.29) is 11.9 Å². The molecule has 8 nitrogen and oxygen atoms in total. The average Bonchev–Trinajstić information content (AvgIpc) is 2.97. The molecule has 2 aliphatic heterocycles. The summed E-state index contributed by atoms with van der Waals surface area (Å²) < 4.78 is 5.43. The van der Waals surface area contributed by atoms with Gasteiger partial charge in [-0.05, 0) is 38.8 Å². The summed E-state index contributed by atoms with van der Waals surface area (Å²) in [5, 5.41) is 15.3. The van der Waals surface area contributed by atoms with Crippen LogP contribution in [-0.2, 0) is 4.79 Å². The second-order valence-corrected chi connectivity index (χ2v) is 7.22. The van der Waals surface area contributed by atoms with Crippen LogP contribution >= 0.6 is 0 Å². The standard InChI is InChI=1S/C19H28N4O4/c1-12-11-22(17(24)8-7-14-18(25)21-19(26)20-14)9-10-23(12)15-5-4-6-16(27-3)13(15)2/h4-6,12,14,17,24H,7-11H2,1-3H3,(H2,20,21,25,26)/t12-,14+,17?/m0/s1. The third-order valence-electron chi connectivity index (χ3n) is 5.44. The first kappa shape index (κ1) is 19.4. The number of hydrogen-bond acceptors (Lipinski definition) is 6. The maximum absolute atomic E-state index is 11.6. The number of carbonyl (C=O) groups excluding carboxylic acids is 2. The van der Waals surface area contributed by atoms with Crippen molar-refractivity contribution in [3.8, 4) is 5.75 Å². The van der Waals surface area contributed by atoms with Gasteiger partial charge in [0.1, 0.15) is 18.0 Å². The Bertz CT molecular complexity index is 711. The summed E-state index contributed by atoms with van der Waals surface area (Å²) in [5.74, 6) is 0.554. The Hall–Kier alpha value is -2.32. The highest BCUT2D eigenvalue weighted by Crippen LogP contribution is 2.31. The highest BCUT2D eigenvalue weighted by molar-refractivity contribution is 6.04. The van der Waals surface area contributed by atoms with Crippen molar-refractivity contribution in [2.75, 3.05) is 31.6 Å². The third kappa shape index (κ3) is 4.17. The highest BCUT2D eigenvalue weighted by atomic mass is 16.5. The summed E-state index contributed by atoms with van der Waals surface area (Å²) in [7, 11) is 1.68. The summed E-state index contributed by atoms with van der Waals surface area (Å²) in [4.78, 5) is 27.1. The lowest BCUT2D eigenvalue weighted by molar-refractivity contribution is -0.120. The first-order chi connectivity index (χ1) is 12.9. The van der Waals surface area contributed by atoms with Gasteiger partial charge in [0.2, 0.25) is 0 Å². The number of rotatable bonds is 6. The number of nitrogens with one attached hydrogen (secondary N) is 2. The van der Waals surface area contributed by atoms with Gasteiger partial charge in [-0.1, -0.05) is 6.07 Å². The number of hydrogen-bond donors (Lipinski definition) is 3. The summed E-state index contributed by atoms with van der Waals surface area (Å²) in [6.45, 7) is 6.45. The van der Waals surface area contributed by atoms with Gasteiger partial charge in [0, 0.05) is 36.9 Å². The fourth-order valence-electron chi connectivity index (χ4n) is 3.91. The monoisotopic (exact) mass is 376 g/mol. The molecule has 0 radical (unpaired) electrons. The van der Waals surface area contributed by atoms with Crippen LogP contribution in [0.1, 0.15) is 25.3 Å². The van der Waals surface area contributed by atoms with E-state index in [1.165, 1.54) is 0 Å². The molecule has 8 heteroatoms. The minimum absolute atomic E-state index is 0.230. The number of ether oxygens (including phenoxy) is 1. The quantitative estimate of drug-likeness (QED) is 0.637. The molecule has 3 atom stereocenters. The molecule has 0 saturated carbocycles. The van der Waals surface area contributed by atoms with Crippen LogP contribution in [0.3, 0.4) is 0 Å². The molecule has 148 valence electrons. The van der Waals surface area contributed by atoms with Gasteiger partial charge < -0.3 is 20.1 Å². The van der Waals surface area contributed by atoms with E-state index in [2.05, 4.69) is 35.4 Å². The molecule has 1 aromatic rings. The zero-order chi connectivity index (χ0) is 19.6. The maximum atomic E-state index is 11.6. The van der Waals surface area contributed by atoms with E-state index in [0.29, 0.717) is 12.8 Å². The van der Waals surface area contributed by atoms with E-state index in [1.807, 2.05) is 17.0 Å². The summed E-state index contributed by atoms with van der Waals surface area (Å²) in [5.41, 5.74) is 2.27. The van der Waals surface area contributed by atoms with Crippen LogP contribution in [0, 0.1) is 6.92 Å². The number of aliphatic hydroxyl groups is 1. The van der Waals surface area contributed by atoms with Crippen molar-refractivity contribution in [3.63, 3.8) is 0 Å². The van der Waals surface area contributed by atoms with E-state index in [0.717, 1.165) is 36.6 Å². The van der Waals surface area contributed by atoms with Crippen LogP contribution in [-0.4, -0.2) is 67.0 Å². The van der Waals surface area contributed by atoms with Crippen LogP contribution < -0.4 is 20.3 Å². The van der Waals surface area contributed by atoms with Gasteiger partial charge in [-0.3, -0.25) is 15.0 Å². The van der Waals surface area contributed by atoms with E-state index >= 15 is 0 Å². The first-order valence-electron chi connectivity index (χ1n) is 9.34. The normalized spacial score (nSPS) is 24.5. The number of piperazine rings is 1. The number of nitrogens with zero attached hydrogens (tertiary/aromatic N) is 2. The lowest BCUT2D eigenvalue weighted by atomic mass is 10.1. The molecule has 1 aromatic carbocycles. The van der Waals surface area contributed by atoms with Crippen LogP contribution in [0.2, 0.25) is 0 Å². The SMILES string of the molecule is COc1cccc(N2CCN(C(O)CC[C@H]3NC(=O)NC3=O)C[C@@H]2C)c1C. The van der Waals surface area contributed by atoms with Crippen LogP contribution in [0.5, 0.6) is 5.75 Å². The Kier molecular flexibility index (Phi) is 5.86. The molecule has 1 unspecified atom stereocenters. The molecule has 0 aliphatic carbocycles. The molecule has 0 aromatic heterocycles. The lowest BCUT2D eigenvalue weighted by Crippen LogP contribution is -2.55. The largest absolute Gasteiger partial charge is 0.496 e. The number of carbonyl (C=O) groups is 2. The van der Waals surface area contributed by atoms with Crippen molar-refractivity contribution in [2.24, 2.45) is 0 Å². The molecule has 0 spiro atoms. The number of methoxy groups -OCH3 is 1. The molecule has 3 amide bonds. The molecule has 2 fully saturated rings.